The van der Waals surface area contributed by atoms with Gasteiger partial charge in [0.2, 0.25) is 0 Å². The van der Waals surface area contributed by atoms with Crippen molar-refractivity contribution in [3.63, 3.8) is 0 Å². The molecule has 0 aliphatic heterocycles. The third-order valence-electron chi connectivity index (χ3n) is 3.83. The Morgan fingerprint density at radius 2 is 1.83 bits per heavy atom. The fourth-order valence-corrected chi connectivity index (χ4v) is 2.36. The predicted octanol–water partition coefficient (Wildman–Crippen LogP) is -0.452. The quantitative estimate of drug-likeness (QED) is 0.319. The van der Waals surface area contributed by atoms with Crippen LogP contribution in [0.15, 0.2) is 35.9 Å². The molecule has 24 heavy (non-hydrogen) atoms. The molecule has 0 bridgehead atoms. The first-order chi connectivity index (χ1) is 11.2. The molecule has 3 unspecified atom stereocenters. The fourth-order valence-electron chi connectivity index (χ4n) is 2.36. The minimum Gasteiger partial charge on any atom is -0.504 e. The maximum atomic E-state index is 12.2. The Morgan fingerprint density at radius 1 is 1.17 bits per heavy atom. The van der Waals surface area contributed by atoms with Crippen LogP contribution in [0.2, 0.25) is 0 Å². The second kappa shape index (κ2) is 6.44. The van der Waals surface area contributed by atoms with Crippen LogP contribution in [0.5, 0.6) is 11.5 Å². The molecule has 0 fully saturated rings. The van der Waals surface area contributed by atoms with Gasteiger partial charge in [0.25, 0.3) is 0 Å². The highest BCUT2D eigenvalue weighted by molar-refractivity contribution is 6.02. The van der Waals surface area contributed by atoms with Gasteiger partial charge in [0, 0.05) is 12.0 Å². The third kappa shape index (κ3) is 3.16. The zero-order valence-electron chi connectivity index (χ0n) is 12.3. The van der Waals surface area contributed by atoms with Gasteiger partial charge >= 0.3 is 5.97 Å². The monoisotopic (exact) mass is 336 g/mol. The zero-order valence-corrected chi connectivity index (χ0v) is 12.3. The van der Waals surface area contributed by atoms with Crippen LogP contribution in [-0.4, -0.2) is 60.2 Å². The van der Waals surface area contributed by atoms with Crippen LogP contribution < -0.4 is 0 Å². The summed E-state index contributed by atoms with van der Waals surface area (Å²) in [4.78, 5) is 23.1. The number of carbonyl (C=O) groups excluding carboxylic acids is 1. The van der Waals surface area contributed by atoms with Gasteiger partial charge in [-0.3, -0.25) is 4.79 Å². The molecule has 0 amide bonds. The van der Waals surface area contributed by atoms with Gasteiger partial charge in [-0.1, -0.05) is 12.1 Å². The maximum Gasteiger partial charge on any atom is 0.331 e. The molecule has 0 saturated carbocycles. The van der Waals surface area contributed by atoms with E-state index in [4.69, 9.17) is 5.11 Å². The molecule has 1 aromatic rings. The van der Waals surface area contributed by atoms with Gasteiger partial charge < -0.3 is 30.6 Å². The van der Waals surface area contributed by atoms with Gasteiger partial charge in [-0.25, -0.2) is 4.79 Å². The van der Waals surface area contributed by atoms with Crippen molar-refractivity contribution < 1.29 is 40.2 Å². The molecule has 0 heterocycles. The fraction of sp³-hybridized carbons (Fsp3) is 0.250. The van der Waals surface area contributed by atoms with E-state index < -0.39 is 41.7 Å². The molecule has 0 aromatic heterocycles. The van der Waals surface area contributed by atoms with Gasteiger partial charge in [0.1, 0.15) is 6.10 Å². The first-order valence-corrected chi connectivity index (χ1v) is 6.93. The summed E-state index contributed by atoms with van der Waals surface area (Å²) in [5.41, 5.74) is -2.56. The molecule has 1 aliphatic carbocycles. The minimum atomic E-state index is -2.57. The molecule has 8 heteroatoms. The molecular formula is C16H16O8. The number of carbonyl (C=O) groups is 2. The van der Waals surface area contributed by atoms with E-state index in [1.807, 2.05) is 0 Å². The van der Waals surface area contributed by atoms with Crippen molar-refractivity contribution in [3.8, 4) is 11.5 Å². The number of carboxylic acids is 1. The van der Waals surface area contributed by atoms with Crippen LogP contribution in [0.4, 0.5) is 0 Å². The van der Waals surface area contributed by atoms with E-state index in [-0.39, 0.29) is 11.3 Å². The number of hydrogen-bond acceptors (Lipinski definition) is 7. The summed E-state index contributed by atoms with van der Waals surface area (Å²) >= 11 is 0. The Balaban J connectivity index is 2.26. The Morgan fingerprint density at radius 3 is 2.38 bits per heavy atom. The summed E-state index contributed by atoms with van der Waals surface area (Å²) in [5, 5.41) is 57.6. The third-order valence-corrected chi connectivity index (χ3v) is 3.83. The first kappa shape index (κ1) is 17.7. The lowest BCUT2D eigenvalue weighted by atomic mass is 9.77. The van der Waals surface area contributed by atoms with Crippen LogP contribution in [0.25, 0.3) is 6.08 Å². The average molecular weight is 336 g/mol. The summed E-state index contributed by atoms with van der Waals surface area (Å²) < 4.78 is 0. The molecular weight excluding hydrogens is 320 g/mol. The summed E-state index contributed by atoms with van der Waals surface area (Å²) in [6, 6.07) is 3.75. The number of aliphatic hydroxyl groups is 3. The van der Waals surface area contributed by atoms with Gasteiger partial charge in [-0.15, -0.1) is 0 Å². The second-order valence-corrected chi connectivity index (χ2v) is 5.43. The summed E-state index contributed by atoms with van der Waals surface area (Å²) in [6.45, 7) is 0. The number of carboxylic acid groups (broad SMARTS) is 1. The van der Waals surface area contributed by atoms with Crippen LogP contribution in [0.3, 0.4) is 0 Å². The predicted molar refractivity (Wildman–Crippen MR) is 81.1 cm³/mol. The van der Waals surface area contributed by atoms with Crippen molar-refractivity contribution in [3.05, 3.63) is 41.5 Å². The lowest BCUT2D eigenvalue weighted by Gasteiger charge is -2.37. The molecule has 2 rings (SSSR count). The summed E-state index contributed by atoms with van der Waals surface area (Å²) in [7, 11) is 0. The number of rotatable bonds is 4. The number of aliphatic hydroxyl groups excluding tert-OH is 2. The van der Waals surface area contributed by atoms with E-state index in [1.165, 1.54) is 24.3 Å². The largest absolute Gasteiger partial charge is 0.504 e. The number of ketones is 1. The number of aromatic hydroxyl groups is 2. The number of aliphatic carboxylic acids is 1. The molecule has 128 valence electrons. The van der Waals surface area contributed by atoms with Crippen LogP contribution >= 0.6 is 0 Å². The topological polar surface area (TPSA) is 156 Å². The molecule has 6 N–H and O–H groups in total. The highest BCUT2D eigenvalue weighted by Crippen LogP contribution is 2.31. The number of phenolic OH excluding ortho intramolecular Hbond substituents is 2. The van der Waals surface area contributed by atoms with E-state index in [1.54, 1.807) is 0 Å². The number of hydrogen-bond donors (Lipinski definition) is 6. The summed E-state index contributed by atoms with van der Waals surface area (Å²) in [6.07, 6.45) is -1.28. The van der Waals surface area contributed by atoms with Crippen molar-refractivity contribution in [2.24, 2.45) is 0 Å². The van der Waals surface area contributed by atoms with Gasteiger partial charge in [-0.2, -0.15) is 0 Å². The molecule has 1 aliphatic rings. The van der Waals surface area contributed by atoms with Crippen molar-refractivity contribution in [2.75, 3.05) is 0 Å². The second-order valence-electron chi connectivity index (χ2n) is 5.43. The molecule has 0 radical (unpaired) electrons. The van der Waals surface area contributed by atoms with Crippen molar-refractivity contribution in [1.29, 1.82) is 0 Å². The van der Waals surface area contributed by atoms with Gasteiger partial charge in [-0.05, 0) is 29.8 Å². The molecule has 0 spiro atoms. The number of benzene rings is 1. The Bertz CT molecular complexity index is 736. The van der Waals surface area contributed by atoms with E-state index in [0.717, 1.165) is 12.2 Å². The normalized spacial score (nSPS) is 27.0. The highest BCUT2D eigenvalue weighted by atomic mass is 16.4. The highest BCUT2D eigenvalue weighted by Gasteiger charge is 2.50. The lowest BCUT2D eigenvalue weighted by Crippen LogP contribution is -2.59. The average Bonchev–Trinajstić information content (AvgIpc) is 2.52. The molecule has 1 aromatic carbocycles. The van der Waals surface area contributed by atoms with Crippen LogP contribution in [-0.2, 0) is 9.59 Å². The maximum absolute atomic E-state index is 12.2. The van der Waals surface area contributed by atoms with Crippen LogP contribution in [0, 0.1) is 0 Å². The van der Waals surface area contributed by atoms with Crippen molar-refractivity contribution in [2.45, 2.75) is 24.2 Å². The Hall–Kier alpha value is -2.68. The van der Waals surface area contributed by atoms with Crippen LogP contribution in [0.1, 0.15) is 12.0 Å². The van der Waals surface area contributed by atoms with Gasteiger partial charge in [0.15, 0.2) is 22.9 Å². The van der Waals surface area contributed by atoms with Crippen molar-refractivity contribution in [1.82, 2.24) is 0 Å². The SMILES string of the molecule is O=C(O)C1=CC(O)C(O)(C(=O)C=Cc2ccc(O)c(O)c2)C(O)C1. The van der Waals surface area contributed by atoms with Crippen molar-refractivity contribution >= 4 is 17.8 Å². The Kier molecular flexibility index (Phi) is 4.74. The van der Waals surface area contributed by atoms with Gasteiger partial charge in [0.05, 0.1) is 6.10 Å². The van der Waals surface area contributed by atoms with E-state index in [0.29, 0.717) is 5.56 Å². The number of phenols is 2. The van der Waals surface area contributed by atoms with E-state index >= 15 is 0 Å². The first-order valence-electron chi connectivity index (χ1n) is 6.93. The Labute approximate surface area is 136 Å². The standard InChI is InChI=1S/C16H16O8/c17-10-3-1-8(5-11(10)18)2-4-12(19)16(24)13(20)6-9(15(22)23)7-14(16)21/h1-6,13-14,17-18,20-21,24H,7H2,(H,22,23). The summed E-state index contributed by atoms with van der Waals surface area (Å²) in [5.74, 6) is -3.15. The molecule has 0 saturated heterocycles. The molecule has 3 atom stereocenters. The van der Waals surface area contributed by atoms with E-state index in [9.17, 15) is 35.1 Å². The van der Waals surface area contributed by atoms with E-state index in [2.05, 4.69) is 0 Å². The smallest absolute Gasteiger partial charge is 0.331 e. The lowest BCUT2D eigenvalue weighted by molar-refractivity contribution is -0.164. The molecule has 8 nitrogen and oxygen atoms in total. The zero-order chi connectivity index (χ0) is 18.1. The minimum absolute atomic E-state index is 0.306.